The molecule has 0 aliphatic heterocycles. The minimum atomic E-state index is 0.298. The van der Waals surface area contributed by atoms with Crippen LogP contribution in [0.2, 0.25) is 0 Å². The first-order valence-corrected chi connectivity index (χ1v) is 6.69. The van der Waals surface area contributed by atoms with Crippen molar-refractivity contribution in [2.24, 2.45) is 17.6 Å². The molecule has 3 heteroatoms. The van der Waals surface area contributed by atoms with Crippen molar-refractivity contribution in [1.29, 1.82) is 0 Å². The molecule has 1 aliphatic carbocycles. The average Bonchev–Trinajstić information content (AvgIpc) is 2.24. The Morgan fingerprint density at radius 2 is 2.12 bits per heavy atom. The summed E-state index contributed by atoms with van der Waals surface area (Å²) in [7, 11) is 0. The van der Waals surface area contributed by atoms with Gasteiger partial charge in [-0.25, -0.2) is 0 Å². The number of hydrogen-bond donors (Lipinski definition) is 1. The molecule has 0 aromatic heterocycles. The Kier molecular flexibility index (Phi) is 5.81. The maximum absolute atomic E-state index is 12.0. The van der Waals surface area contributed by atoms with Gasteiger partial charge in [-0.15, -0.1) is 0 Å². The molecule has 0 aromatic carbocycles. The Labute approximate surface area is 99.4 Å². The van der Waals surface area contributed by atoms with Crippen molar-refractivity contribution in [3.8, 4) is 0 Å². The lowest BCUT2D eigenvalue weighted by Gasteiger charge is -2.32. The van der Waals surface area contributed by atoms with Crippen molar-refractivity contribution in [2.75, 3.05) is 19.6 Å². The van der Waals surface area contributed by atoms with E-state index in [9.17, 15) is 4.79 Å². The highest BCUT2D eigenvalue weighted by Gasteiger charge is 2.23. The van der Waals surface area contributed by atoms with Crippen LogP contribution in [-0.4, -0.2) is 30.4 Å². The molecule has 3 nitrogen and oxygen atoms in total. The largest absolute Gasteiger partial charge is 0.343 e. The molecule has 0 spiro atoms. The second-order valence-corrected chi connectivity index (χ2v) is 4.94. The topological polar surface area (TPSA) is 46.3 Å². The first-order valence-electron chi connectivity index (χ1n) is 6.69. The van der Waals surface area contributed by atoms with Crippen LogP contribution in [0.15, 0.2) is 0 Å². The Morgan fingerprint density at radius 1 is 1.44 bits per heavy atom. The Morgan fingerprint density at radius 3 is 2.50 bits per heavy atom. The maximum Gasteiger partial charge on any atom is 0.222 e. The SMILES string of the molecule is CCC(CN)CC(=O)N(CC)CC1CCC1. The number of carbonyl (C=O) groups excluding carboxylic acids is 1. The van der Waals surface area contributed by atoms with Crippen molar-refractivity contribution in [1.82, 2.24) is 4.90 Å². The van der Waals surface area contributed by atoms with Gasteiger partial charge in [0, 0.05) is 19.5 Å². The lowest BCUT2D eigenvalue weighted by atomic mass is 9.85. The molecule has 1 atom stereocenters. The number of nitrogens with zero attached hydrogens (tertiary/aromatic N) is 1. The maximum atomic E-state index is 12.0. The van der Waals surface area contributed by atoms with Crippen molar-refractivity contribution in [3.63, 3.8) is 0 Å². The summed E-state index contributed by atoms with van der Waals surface area (Å²) in [6.07, 6.45) is 5.59. The van der Waals surface area contributed by atoms with Crippen molar-refractivity contribution in [2.45, 2.75) is 46.0 Å². The van der Waals surface area contributed by atoms with Crippen LogP contribution in [0.5, 0.6) is 0 Å². The summed E-state index contributed by atoms with van der Waals surface area (Å²) < 4.78 is 0. The quantitative estimate of drug-likeness (QED) is 0.722. The molecule has 0 heterocycles. The molecule has 0 bridgehead atoms. The van der Waals surface area contributed by atoms with Gasteiger partial charge in [0.2, 0.25) is 5.91 Å². The van der Waals surface area contributed by atoms with Gasteiger partial charge in [0.15, 0.2) is 0 Å². The lowest BCUT2D eigenvalue weighted by molar-refractivity contribution is -0.133. The van der Waals surface area contributed by atoms with Gasteiger partial charge >= 0.3 is 0 Å². The minimum Gasteiger partial charge on any atom is -0.343 e. The zero-order chi connectivity index (χ0) is 12.0. The summed E-state index contributed by atoms with van der Waals surface area (Å²) in [6, 6.07) is 0. The minimum absolute atomic E-state index is 0.298. The molecule has 1 rings (SSSR count). The molecule has 1 amide bonds. The third-order valence-corrected chi connectivity index (χ3v) is 3.81. The standard InChI is InChI=1S/C13H26N2O/c1-3-11(9-14)8-13(16)15(4-2)10-12-6-5-7-12/h11-12H,3-10,14H2,1-2H3. The molecule has 0 aromatic rings. The normalized spacial score (nSPS) is 17.9. The summed E-state index contributed by atoms with van der Waals surface area (Å²) in [5.41, 5.74) is 5.64. The van der Waals surface area contributed by atoms with Crippen LogP contribution in [0.25, 0.3) is 0 Å². The van der Waals surface area contributed by atoms with Gasteiger partial charge in [0.05, 0.1) is 0 Å². The van der Waals surface area contributed by atoms with Crippen LogP contribution in [-0.2, 0) is 4.79 Å². The van der Waals surface area contributed by atoms with Crippen LogP contribution in [0.4, 0.5) is 0 Å². The van der Waals surface area contributed by atoms with Crippen LogP contribution in [0.3, 0.4) is 0 Å². The van der Waals surface area contributed by atoms with Gasteiger partial charge in [0.25, 0.3) is 0 Å². The number of nitrogens with two attached hydrogens (primary N) is 1. The highest BCUT2D eigenvalue weighted by atomic mass is 16.2. The Hall–Kier alpha value is -0.570. The van der Waals surface area contributed by atoms with E-state index in [0.29, 0.717) is 24.8 Å². The molecule has 16 heavy (non-hydrogen) atoms. The molecular weight excluding hydrogens is 200 g/mol. The zero-order valence-corrected chi connectivity index (χ0v) is 10.7. The summed E-state index contributed by atoms with van der Waals surface area (Å²) in [5, 5.41) is 0. The number of carbonyl (C=O) groups is 1. The predicted octanol–water partition coefficient (Wildman–Crippen LogP) is 2.01. The van der Waals surface area contributed by atoms with Crippen LogP contribution in [0, 0.1) is 11.8 Å². The van der Waals surface area contributed by atoms with Gasteiger partial charge in [-0.1, -0.05) is 19.8 Å². The number of rotatable bonds is 7. The van der Waals surface area contributed by atoms with E-state index in [1.807, 2.05) is 4.90 Å². The molecule has 1 saturated carbocycles. The first-order chi connectivity index (χ1) is 7.71. The van der Waals surface area contributed by atoms with Crippen molar-refractivity contribution < 1.29 is 4.79 Å². The Balaban J connectivity index is 2.35. The Bertz CT molecular complexity index is 210. The summed E-state index contributed by atoms with van der Waals surface area (Å²) in [5.74, 6) is 1.43. The van der Waals surface area contributed by atoms with Crippen LogP contribution in [0.1, 0.15) is 46.0 Å². The highest BCUT2D eigenvalue weighted by Crippen LogP contribution is 2.27. The van der Waals surface area contributed by atoms with Crippen LogP contribution >= 0.6 is 0 Å². The third-order valence-electron chi connectivity index (χ3n) is 3.81. The van der Waals surface area contributed by atoms with Crippen LogP contribution < -0.4 is 5.73 Å². The van der Waals surface area contributed by atoms with E-state index in [2.05, 4.69) is 13.8 Å². The van der Waals surface area contributed by atoms with Crippen molar-refractivity contribution in [3.05, 3.63) is 0 Å². The van der Waals surface area contributed by atoms with Gasteiger partial charge in [0.1, 0.15) is 0 Å². The van der Waals surface area contributed by atoms with E-state index in [1.165, 1.54) is 19.3 Å². The van der Waals surface area contributed by atoms with Crippen molar-refractivity contribution >= 4 is 5.91 Å². The summed E-state index contributed by atoms with van der Waals surface area (Å²) in [4.78, 5) is 14.1. The zero-order valence-electron chi connectivity index (χ0n) is 10.7. The first kappa shape index (κ1) is 13.5. The third kappa shape index (κ3) is 3.78. The van der Waals surface area contributed by atoms with E-state index in [4.69, 9.17) is 5.73 Å². The molecule has 1 fully saturated rings. The van der Waals surface area contributed by atoms with E-state index in [0.717, 1.165) is 25.4 Å². The average molecular weight is 226 g/mol. The van der Waals surface area contributed by atoms with Gasteiger partial charge in [-0.3, -0.25) is 4.79 Å². The molecule has 0 saturated heterocycles. The smallest absolute Gasteiger partial charge is 0.222 e. The van der Waals surface area contributed by atoms with E-state index in [-0.39, 0.29) is 0 Å². The van der Waals surface area contributed by atoms with Gasteiger partial charge < -0.3 is 10.6 Å². The second-order valence-electron chi connectivity index (χ2n) is 4.94. The molecule has 94 valence electrons. The second kappa shape index (κ2) is 6.89. The fourth-order valence-corrected chi connectivity index (χ4v) is 2.16. The molecular formula is C13H26N2O. The van der Waals surface area contributed by atoms with E-state index in [1.54, 1.807) is 0 Å². The summed E-state index contributed by atoms with van der Waals surface area (Å²) in [6.45, 7) is 6.61. The number of hydrogen-bond acceptors (Lipinski definition) is 2. The monoisotopic (exact) mass is 226 g/mol. The van der Waals surface area contributed by atoms with E-state index >= 15 is 0 Å². The molecule has 0 radical (unpaired) electrons. The van der Waals surface area contributed by atoms with Gasteiger partial charge in [-0.2, -0.15) is 0 Å². The number of amides is 1. The molecule has 1 aliphatic rings. The van der Waals surface area contributed by atoms with Gasteiger partial charge in [-0.05, 0) is 38.1 Å². The lowest BCUT2D eigenvalue weighted by Crippen LogP contribution is -2.38. The fourth-order valence-electron chi connectivity index (χ4n) is 2.16. The summed E-state index contributed by atoms with van der Waals surface area (Å²) >= 11 is 0. The molecule has 2 N–H and O–H groups in total. The van der Waals surface area contributed by atoms with E-state index < -0.39 is 0 Å². The highest BCUT2D eigenvalue weighted by molar-refractivity contribution is 5.76. The fraction of sp³-hybridized carbons (Fsp3) is 0.923. The predicted molar refractivity (Wildman–Crippen MR) is 67.0 cm³/mol. The molecule has 1 unspecified atom stereocenters.